The lowest BCUT2D eigenvalue weighted by molar-refractivity contribution is -0.196. The summed E-state index contributed by atoms with van der Waals surface area (Å²) in [4.78, 5) is 45.0. The first-order valence-electron chi connectivity index (χ1n) is 8.66. The van der Waals surface area contributed by atoms with Gasteiger partial charge in [0.15, 0.2) is 0 Å². The number of rotatable bonds is 4. The average Bonchev–Trinajstić information content (AvgIpc) is 3.33. The standard InChI is InChI=1S/C17H22N4O4/c1-17(2)8-25-13(17)16(24)21-6-10(7-21)18-15(23)11-5-12(22)20-14(19-11)9-3-4-9/h5,9-10,13H,3-4,6-8H2,1-2H3,(H,18,23)(H,19,20,22). The van der Waals surface area contributed by atoms with Gasteiger partial charge in [-0.1, -0.05) is 13.8 Å². The molecule has 1 aromatic heterocycles. The molecule has 134 valence electrons. The summed E-state index contributed by atoms with van der Waals surface area (Å²) in [5.74, 6) is 0.466. The first kappa shape index (κ1) is 16.3. The van der Waals surface area contributed by atoms with E-state index in [9.17, 15) is 14.4 Å². The fourth-order valence-corrected chi connectivity index (χ4v) is 3.22. The Morgan fingerprint density at radius 3 is 2.64 bits per heavy atom. The van der Waals surface area contributed by atoms with Gasteiger partial charge in [-0.15, -0.1) is 0 Å². The van der Waals surface area contributed by atoms with E-state index in [0.717, 1.165) is 12.8 Å². The van der Waals surface area contributed by atoms with Crippen molar-refractivity contribution < 1.29 is 14.3 Å². The molecule has 2 N–H and O–H groups in total. The molecule has 8 nitrogen and oxygen atoms in total. The van der Waals surface area contributed by atoms with Crippen molar-refractivity contribution in [3.63, 3.8) is 0 Å². The van der Waals surface area contributed by atoms with Gasteiger partial charge in [0.25, 0.3) is 17.4 Å². The van der Waals surface area contributed by atoms with E-state index < -0.39 is 0 Å². The average molecular weight is 346 g/mol. The number of nitrogens with one attached hydrogen (secondary N) is 2. The van der Waals surface area contributed by atoms with Crippen molar-refractivity contribution in [3.05, 3.63) is 27.9 Å². The molecule has 1 atom stereocenters. The summed E-state index contributed by atoms with van der Waals surface area (Å²) in [6.45, 7) is 5.52. The van der Waals surface area contributed by atoms with Crippen LogP contribution in [0.4, 0.5) is 0 Å². The van der Waals surface area contributed by atoms with E-state index in [1.807, 2.05) is 13.8 Å². The zero-order chi connectivity index (χ0) is 17.8. The molecule has 1 aromatic rings. The molecular weight excluding hydrogens is 324 g/mol. The largest absolute Gasteiger partial charge is 0.367 e. The second kappa shape index (κ2) is 5.66. The SMILES string of the molecule is CC1(C)COC1C(=O)N1CC(NC(=O)c2cc(=O)[nH]c(C3CC3)n2)C1. The van der Waals surface area contributed by atoms with Crippen LogP contribution in [0.1, 0.15) is 48.9 Å². The Labute approximate surface area is 145 Å². The van der Waals surface area contributed by atoms with Crippen LogP contribution in [0.2, 0.25) is 0 Å². The van der Waals surface area contributed by atoms with E-state index in [-0.39, 0.29) is 46.5 Å². The number of hydrogen-bond donors (Lipinski definition) is 2. The van der Waals surface area contributed by atoms with Crippen LogP contribution in [-0.4, -0.2) is 58.5 Å². The number of carbonyl (C=O) groups excluding carboxylic acids is 2. The van der Waals surface area contributed by atoms with Gasteiger partial charge in [-0.25, -0.2) is 4.98 Å². The van der Waals surface area contributed by atoms with Crippen molar-refractivity contribution in [2.45, 2.75) is 44.8 Å². The van der Waals surface area contributed by atoms with E-state index in [1.165, 1.54) is 6.07 Å². The van der Waals surface area contributed by atoms with Crippen molar-refractivity contribution in [2.24, 2.45) is 5.41 Å². The third kappa shape index (κ3) is 3.06. The number of H-pyrrole nitrogens is 1. The Kier molecular flexibility index (Phi) is 3.68. The first-order chi connectivity index (χ1) is 11.8. The number of aromatic nitrogens is 2. The highest BCUT2D eigenvalue weighted by molar-refractivity contribution is 5.92. The summed E-state index contributed by atoms with van der Waals surface area (Å²) < 4.78 is 5.38. The van der Waals surface area contributed by atoms with Gasteiger partial charge in [0.2, 0.25) is 0 Å². The topological polar surface area (TPSA) is 104 Å². The normalized spacial score (nSPS) is 25.0. The van der Waals surface area contributed by atoms with Crippen LogP contribution in [0.15, 0.2) is 10.9 Å². The Morgan fingerprint density at radius 2 is 2.08 bits per heavy atom. The minimum absolute atomic E-state index is 0.0213. The number of aromatic amines is 1. The summed E-state index contributed by atoms with van der Waals surface area (Å²) in [6.07, 6.45) is 1.60. The molecule has 4 rings (SSSR count). The van der Waals surface area contributed by atoms with Crippen molar-refractivity contribution >= 4 is 11.8 Å². The smallest absolute Gasteiger partial charge is 0.270 e. The highest BCUT2D eigenvalue weighted by atomic mass is 16.5. The molecule has 1 unspecified atom stereocenters. The lowest BCUT2D eigenvalue weighted by Gasteiger charge is -2.48. The van der Waals surface area contributed by atoms with Crippen LogP contribution in [0.5, 0.6) is 0 Å². The molecule has 0 bridgehead atoms. The number of likely N-dealkylation sites (tertiary alicyclic amines) is 1. The molecule has 8 heteroatoms. The zero-order valence-corrected chi connectivity index (χ0v) is 14.4. The van der Waals surface area contributed by atoms with Gasteiger partial charge in [0, 0.05) is 30.5 Å². The second-order valence-corrected chi connectivity index (χ2v) is 7.88. The van der Waals surface area contributed by atoms with Gasteiger partial charge in [0.05, 0.1) is 12.6 Å². The minimum atomic E-state index is -0.389. The summed E-state index contributed by atoms with van der Waals surface area (Å²) in [6, 6.07) is 1.10. The Morgan fingerprint density at radius 1 is 1.36 bits per heavy atom. The van der Waals surface area contributed by atoms with Crippen molar-refractivity contribution in [3.8, 4) is 0 Å². The Hall–Kier alpha value is -2.22. The zero-order valence-electron chi connectivity index (χ0n) is 14.4. The second-order valence-electron chi connectivity index (χ2n) is 7.88. The van der Waals surface area contributed by atoms with Gasteiger partial charge >= 0.3 is 0 Å². The van der Waals surface area contributed by atoms with E-state index in [4.69, 9.17) is 4.74 Å². The monoisotopic (exact) mass is 346 g/mol. The summed E-state index contributed by atoms with van der Waals surface area (Å²) in [7, 11) is 0. The van der Waals surface area contributed by atoms with Crippen molar-refractivity contribution in [1.82, 2.24) is 20.2 Å². The lowest BCUT2D eigenvalue weighted by atomic mass is 9.81. The number of ether oxygens (including phenoxy) is 1. The van der Waals surface area contributed by atoms with Crippen LogP contribution in [-0.2, 0) is 9.53 Å². The Bertz CT molecular complexity index is 777. The highest BCUT2D eigenvalue weighted by Crippen LogP contribution is 2.37. The maximum absolute atomic E-state index is 12.3. The maximum atomic E-state index is 12.3. The number of amides is 2. The molecular formula is C17H22N4O4. The van der Waals surface area contributed by atoms with Crippen molar-refractivity contribution in [2.75, 3.05) is 19.7 Å². The summed E-state index contributed by atoms with van der Waals surface area (Å²) in [5.41, 5.74) is -0.296. The van der Waals surface area contributed by atoms with Crippen LogP contribution in [0, 0.1) is 5.41 Å². The van der Waals surface area contributed by atoms with Gasteiger partial charge < -0.3 is 19.9 Å². The van der Waals surface area contributed by atoms with Crippen LogP contribution >= 0.6 is 0 Å². The molecule has 3 heterocycles. The predicted molar refractivity (Wildman–Crippen MR) is 88.2 cm³/mol. The molecule has 3 fully saturated rings. The van der Waals surface area contributed by atoms with Gasteiger partial charge in [-0.3, -0.25) is 14.4 Å². The van der Waals surface area contributed by atoms with Crippen LogP contribution in [0.3, 0.4) is 0 Å². The quantitative estimate of drug-likeness (QED) is 0.799. The minimum Gasteiger partial charge on any atom is -0.367 e. The fourth-order valence-electron chi connectivity index (χ4n) is 3.22. The molecule has 1 saturated carbocycles. The van der Waals surface area contributed by atoms with E-state index in [0.29, 0.717) is 25.5 Å². The van der Waals surface area contributed by atoms with E-state index in [1.54, 1.807) is 4.90 Å². The highest BCUT2D eigenvalue weighted by Gasteiger charge is 2.48. The Balaban J connectivity index is 1.33. The van der Waals surface area contributed by atoms with Gasteiger partial charge in [-0.05, 0) is 12.8 Å². The third-order valence-corrected chi connectivity index (χ3v) is 5.04. The molecule has 0 aromatic carbocycles. The van der Waals surface area contributed by atoms with Gasteiger partial charge in [-0.2, -0.15) is 0 Å². The van der Waals surface area contributed by atoms with Crippen LogP contribution in [0.25, 0.3) is 0 Å². The van der Waals surface area contributed by atoms with Crippen molar-refractivity contribution in [1.29, 1.82) is 0 Å². The first-order valence-corrected chi connectivity index (χ1v) is 8.66. The molecule has 2 saturated heterocycles. The maximum Gasteiger partial charge on any atom is 0.270 e. The molecule has 3 aliphatic rings. The molecule has 25 heavy (non-hydrogen) atoms. The summed E-state index contributed by atoms with van der Waals surface area (Å²) in [5, 5.41) is 2.84. The van der Waals surface area contributed by atoms with E-state index >= 15 is 0 Å². The molecule has 2 amide bonds. The fraction of sp³-hybridized carbons (Fsp3) is 0.647. The number of carbonyl (C=O) groups is 2. The van der Waals surface area contributed by atoms with E-state index in [2.05, 4.69) is 15.3 Å². The molecule has 0 radical (unpaired) electrons. The molecule has 0 spiro atoms. The number of hydrogen-bond acceptors (Lipinski definition) is 5. The summed E-state index contributed by atoms with van der Waals surface area (Å²) >= 11 is 0. The molecule has 1 aliphatic carbocycles. The van der Waals surface area contributed by atoms with Crippen LogP contribution < -0.4 is 10.9 Å². The molecule has 2 aliphatic heterocycles. The number of nitrogens with zero attached hydrogens (tertiary/aromatic N) is 2. The predicted octanol–water partition coefficient (Wildman–Crippen LogP) is 0.0129. The third-order valence-electron chi connectivity index (χ3n) is 5.04. The van der Waals surface area contributed by atoms with Gasteiger partial charge in [0.1, 0.15) is 17.6 Å². The lowest BCUT2D eigenvalue weighted by Crippen LogP contribution is -2.66.